The number of halogens is 2. The van der Waals surface area contributed by atoms with Crippen molar-refractivity contribution in [3.05, 3.63) is 34.6 Å². The molecule has 19 heavy (non-hydrogen) atoms. The van der Waals surface area contributed by atoms with Gasteiger partial charge in [0.2, 0.25) is 0 Å². The van der Waals surface area contributed by atoms with Crippen LogP contribution in [0.1, 0.15) is 25.3 Å². The lowest BCUT2D eigenvalue weighted by Crippen LogP contribution is -2.27. The van der Waals surface area contributed by atoms with Gasteiger partial charge in [0, 0.05) is 18.7 Å². The van der Waals surface area contributed by atoms with Gasteiger partial charge in [-0.3, -0.25) is 0 Å². The lowest BCUT2D eigenvalue weighted by Gasteiger charge is -2.17. The van der Waals surface area contributed by atoms with E-state index in [1.807, 2.05) is 0 Å². The summed E-state index contributed by atoms with van der Waals surface area (Å²) in [6.07, 6.45) is 3.15. The van der Waals surface area contributed by atoms with Crippen molar-refractivity contribution in [2.75, 3.05) is 26.8 Å². The molecule has 0 saturated heterocycles. The Kier molecular flexibility index (Phi) is 8.03. The normalized spacial score (nSPS) is 12.6. The lowest BCUT2D eigenvalue weighted by molar-refractivity contribution is 0.197. The fourth-order valence-electron chi connectivity index (χ4n) is 2.16. The first kappa shape index (κ1) is 16.4. The SMILES string of the molecule is CCCC(CNCCOC)Cc1ccc(F)cc1Cl. The molecule has 1 N–H and O–H groups in total. The first-order valence-corrected chi connectivity index (χ1v) is 7.18. The Labute approximate surface area is 120 Å². The maximum Gasteiger partial charge on any atom is 0.124 e. The molecule has 0 fully saturated rings. The minimum Gasteiger partial charge on any atom is -0.383 e. The van der Waals surface area contributed by atoms with Crippen LogP contribution in [0, 0.1) is 11.7 Å². The van der Waals surface area contributed by atoms with Crippen molar-refractivity contribution in [2.45, 2.75) is 26.2 Å². The van der Waals surface area contributed by atoms with Gasteiger partial charge in [-0.2, -0.15) is 0 Å². The first-order valence-electron chi connectivity index (χ1n) is 6.81. The minimum atomic E-state index is -0.279. The van der Waals surface area contributed by atoms with Crippen LogP contribution in [0.5, 0.6) is 0 Å². The monoisotopic (exact) mass is 287 g/mol. The number of benzene rings is 1. The second-order valence-corrected chi connectivity index (χ2v) is 5.20. The molecule has 0 aromatic heterocycles. The minimum absolute atomic E-state index is 0.279. The molecule has 0 aliphatic heterocycles. The number of rotatable bonds is 9. The number of methoxy groups -OCH3 is 1. The zero-order valence-electron chi connectivity index (χ0n) is 11.7. The molecule has 1 aromatic rings. The molecule has 0 heterocycles. The van der Waals surface area contributed by atoms with Gasteiger partial charge in [0.15, 0.2) is 0 Å². The van der Waals surface area contributed by atoms with E-state index in [1.54, 1.807) is 13.2 Å². The molecule has 1 rings (SSSR count). The van der Waals surface area contributed by atoms with Gasteiger partial charge in [-0.05, 0) is 43.0 Å². The molecule has 4 heteroatoms. The maximum absolute atomic E-state index is 13.0. The average molecular weight is 288 g/mol. The van der Waals surface area contributed by atoms with Crippen LogP contribution < -0.4 is 5.32 Å². The summed E-state index contributed by atoms with van der Waals surface area (Å²) in [5.74, 6) is 0.240. The van der Waals surface area contributed by atoms with Crippen LogP contribution in [0.25, 0.3) is 0 Å². The number of ether oxygens (including phenoxy) is 1. The van der Waals surface area contributed by atoms with Gasteiger partial charge in [0.05, 0.1) is 6.61 Å². The van der Waals surface area contributed by atoms with Crippen LogP contribution in [0.3, 0.4) is 0 Å². The third-order valence-corrected chi connectivity index (χ3v) is 3.49. The molecule has 1 aromatic carbocycles. The summed E-state index contributed by atoms with van der Waals surface area (Å²) in [5.41, 5.74) is 1.02. The van der Waals surface area contributed by atoms with E-state index in [4.69, 9.17) is 16.3 Å². The molecule has 0 spiro atoms. The highest BCUT2D eigenvalue weighted by molar-refractivity contribution is 6.31. The van der Waals surface area contributed by atoms with Gasteiger partial charge in [0.25, 0.3) is 0 Å². The van der Waals surface area contributed by atoms with Crippen LogP contribution in [-0.4, -0.2) is 26.8 Å². The Hall–Kier alpha value is -0.640. The Bertz CT molecular complexity index is 373. The van der Waals surface area contributed by atoms with E-state index in [-0.39, 0.29) is 5.82 Å². The highest BCUT2D eigenvalue weighted by atomic mass is 35.5. The summed E-state index contributed by atoms with van der Waals surface area (Å²) in [5, 5.41) is 3.91. The quantitative estimate of drug-likeness (QED) is 0.700. The molecule has 0 radical (unpaired) electrons. The molecule has 0 aliphatic carbocycles. The van der Waals surface area contributed by atoms with E-state index >= 15 is 0 Å². The van der Waals surface area contributed by atoms with Crippen molar-refractivity contribution in [3.63, 3.8) is 0 Å². The predicted molar refractivity (Wildman–Crippen MR) is 78.3 cm³/mol. The zero-order valence-corrected chi connectivity index (χ0v) is 12.5. The van der Waals surface area contributed by atoms with Crippen LogP contribution in [0.4, 0.5) is 4.39 Å². The number of nitrogens with one attached hydrogen (secondary N) is 1. The van der Waals surface area contributed by atoms with Gasteiger partial charge in [-0.15, -0.1) is 0 Å². The van der Waals surface area contributed by atoms with Crippen LogP contribution in [0.2, 0.25) is 5.02 Å². The van der Waals surface area contributed by atoms with E-state index in [9.17, 15) is 4.39 Å². The van der Waals surface area contributed by atoms with Crippen molar-refractivity contribution >= 4 is 11.6 Å². The van der Waals surface area contributed by atoms with E-state index in [1.165, 1.54) is 12.1 Å². The fraction of sp³-hybridized carbons (Fsp3) is 0.600. The van der Waals surface area contributed by atoms with Crippen molar-refractivity contribution in [2.24, 2.45) is 5.92 Å². The van der Waals surface area contributed by atoms with Crippen LogP contribution in [0.15, 0.2) is 18.2 Å². The van der Waals surface area contributed by atoms with E-state index in [2.05, 4.69) is 12.2 Å². The summed E-state index contributed by atoms with van der Waals surface area (Å²) in [6, 6.07) is 4.65. The molecule has 108 valence electrons. The van der Waals surface area contributed by atoms with E-state index < -0.39 is 0 Å². The summed E-state index contributed by atoms with van der Waals surface area (Å²) < 4.78 is 18.0. The highest BCUT2D eigenvalue weighted by Crippen LogP contribution is 2.22. The Morgan fingerprint density at radius 3 is 2.84 bits per heavy atom. The summed E-state index contributed by atoms with van der Waals surface area (Å²) in [7, 11) is 1.70. The Morgan fingerprint density at radius 2 is 2.21 bits per heavy atom. The number of hydrogen-bond acceptors (Lipinski definition) is 2. The van der Waals surface area contributed by atoms with Crippen molar-refractivity contribution in [1.29, 1.82) is 0 Å². The number of hydrogen-bond donors (Lipinski definition) is 1. The maximum atomic E-state index is 13.0. The molecule has 0 aliphatic rings. The Morgan fingerprint density at radius 1 is 1.42 bits per heavy atom. The first-order chi connectivity index (χ1) is 9.17. The van der Waals surface area contributed by atoms with Crippen LogP contribution in [-0.2, 0) is 11.2 Å². The molecular formula is C15H23ClFNO. The summed E-state index contributed by atoms with van der Waals surface area (Å²) in [4.78, 5) is 0. The van der Waals surface area contributed by atoms with Gasteiger partial charge in [0.1, 0.15) is 5.82 Å². The zero-order chi connectivity index (χ0) is 14.1. The Balaban J connectivity index is 2.51. The van der Waals surface area contributed by atoms with Gasteiger partial charge >= 0.3 is 0 Å². The predicted octanol–water partition coefficient (Wildman–Crippen LogP) is 3.67. The summed E-state index contributed by atoms with van der Waals surface area (Å²) >= 11 is 6.08. The topological polar surface area (TPSA) is 21.3 Å². The third kappa shape index (κ3) is 6.37. The average Bonchev–Trinajstić information content (AvgIpc) is 2.38. The largest absolute Gasteiger partial charge is 0.383 e. The van der Waals surface area contributed by atoms with Gasteiger partial charge in [-0.1, -0.05) is 31.0 Å². The molecule has 0 bridgehead atoms. The third-order valence-electron chi connectivity index (χ3n) is 3.14. The van der Waals surface area contributed by atoms with Gasteiger partial charge in [-0.25, -0.2) is 4.39 Å². The second-order valence-electron chi connectivity index (χ2n) is 4.79. The smallest absolute Gasteiger partial charge is 0.124 e. The fourth-order valence-corrected chi connectivity index (χ4v) is 2.41. The molecular weight excluding hydrogens is 265 g/mol. The van der Waals surface area contributed by atoms with E-state index in [0.717, 1.165) is 44.5 Å². The lowest BCUT2D eigenvalue weighted by atomic mass is 9.95. The molecule has 0 saturated carbocycles. The molecule has 2 nitrogen and oxygen atoms in total. The van der Waals surface area contributed by atoms with Gasteiger partial charge < -0.3 is 10.1 Å². The molecule has 1 unspecified atom stereocenters. The second kappa shape index (κ2) is 9.29. The highest BCUT2D eigenvalue weighted by Gasteiger charge is 2.11. The van der Waals surface area contributed by atoms with Crippen molar-refractivity contribution in [1.82, 2.24) is 5.32 Å². The molecule has 1 atom stereocenters. The van der Waals surface area contributed by atoms with Crippen molar-refractivity contribution < 1.29 is 9.13 Å². The van der Waals surface area contributed by atoms with Crippen molar-refractivity contribution in [3.8, 4) is 0 Å². The standard InChI is InChI=1S/C15H23ClFNO/c1-3-4-12(11-18-7-8-19-2)9-13-5-6-14(17)10-15(13)16/h5-6,10,12,18H,3-4,7-9,11H2,1-2H3. The van der Waals surface area contributed by atoms with Crippen LogP contribution >= 0.6 is 11.6 Å². The molecule has 0 amide bonds. The summed E-state index contributed by atoms with van der Waals surface area (Å²) in [6.45, 7) is 4.68. The van der Waals surface area contributed by atoms with E-state index in [0.29, 0.717) is 10.9 Å².